The quantitative estimate of drug-likeness (QED) is 0.760. The maximum Gasteiger partial charge on any atom is 0.326 e. The van der Waals surface area contributed by atoms with Gasteiger partial charge in [-0.05, 0) is 30.2 Å². The molecule has 27 heavy (non-hydrogen) atoms. The highest BCUT2D eigenvalue weighted by Crippen LogP contribution is 2.28. The van der Waals surface area contributed by atoms with E-state index < -0.39 is 12.0 Å². The number of carboxylic acids is 1. The second kappa shape index (κ2) is 8.68. The molecule has 1 aliphatic rings. The van der Waals surface area contributed by atoms with Gasteiger partial charge in [0.05, 0.1) is 12.2 Å². The van der Waals surface area contributed by atoms with Gasteiger partial charge in [-0.15, -0.1) is 0 Å². The third-order valence-corrected chi connectivity index (χ3v) is 4.60. The molecule has 1 atom stereocenters. The first-order valence-corrected chi connectivity index (χ1v) is 9.02. The van der Waals surface area contributed by atoms with Crippen LogP contribution in [-0.4, -0.2) is 47.7 Å². The Morgan fingerprint density at radius 2 is 1.78 bits per heavy atom. The van der Waals surface area contributed by atoms with Gasteiger partial charge in [-0.3, -0.25) is 4.79 Å². The molecule has 6 heteroatoms. The van der Waals surface area contributed by atoms with Crippen molar-refractivity contribution in [3.63, 3.8) is 0 Å². The normalized spacial score (nSPS) is 15.9. The van der Waals surface area contributed by atoms with Crippen molar-refractivity contribution < 1.29 is 24.2 Å². The summed E-state index contributed by atoms with van der Waals surface area (Å²) in [5.74, 6) is -0.915. The summed E-state index contributed by atoms with van der Waals surface area (Å²) in [4.78, 5) is 26.4. The highest BCUT2D eigenvalue weighted by atomic mass is 16.5. The predicted octanol–water partition coefficient (Wildman–Crippen LogP) is 2.75. The molecule has 0 fully saturated rings. The monoisotopic (exact) mass is 369 g/mol. The standard InChI is InChI=1S/C21H23NO5/c1-2-26-11-12-27-19-10-6-5-9-17(19)20(23)22-14-16-8-4-3-7-15(16)13-18(22)21(24)25/h3-10,18H,2,11-14H2,1H3,(H,24,25)/t18-/m1/s1. The molecule has 1 heterocycles. The maximum atomic E-state index is 13.2. The first kappa shape index (κ1) is 18.9. The third kappa shape index (κ3) is 4.28. The molecule has 0 unspecified atom stereocenters. The number of fused-ring (bicyclic) bond motifs is 1. The average Bonchev–Trinajstić information content (AvgIpc) is 2.70. The lowest BCUT2D eigenvalue weighted by Crippen LogP contribution is -2.48. The van der Waals surface area contributed by atoms with Gasteiger partial charge in [0.25, 0.3) is 5.91 Å². The zero-order valence-corrected chi connectivity index (χ0v) is 15.3. The van der Waals surface area contributed by atoms with Crippen molar-refractivity contribution >= 4 is 11.9 Å². The molecule has 3 rings (SSSR count). The van der Waals surface area contributed by atoms with Crippen LogP contribution in [0.1, 0.15) is 28.4 Å². The fraction of sp³-hybridized carbons (Fsp3) is 0.333. The van der Waals surface area contributed by atoms with E-state index in [4.69, 9.17) is 9.47 Å². The summed E-state index contributed by atoms with van der Waals surface area (Å²) in [6.45, 7) is 3.51. The SMILES string of the molecule is CCOCCOc1ccccc1C(=O)N1Cc2ccccc2C[C@@H]1C(=O)O. The lowest BCUT2D eigenvalue weighted by molar-refractivity contribution is -0.142. The second-order valence-electron chi connectivity index (χ2n) is 6.30. The van der Waals surface area contributed by atoms with E-state index in [-0.39, 0.29) is 12.5 Å². The Balaban J connectivity index is 1.85. The number of rotatable bonds is 7. The number of amides is 1. The van der Waals surface area contributed by atoms with Crippen molar-refractivity contribution in [1.29, 1.82) is 0 Å². The molecule has 142 valence electrons. The molecule has 0 saturated carbocycles. The van der Waals surface area contributed by atoms with Crippen molar-refractivity contribution in [3.05, 3.63) is 65.2 Å². The molecule has 1 aliphatic heterocycles. The van der Waals surface area contributed by atoms with Crippen molar-refractivity contribution in [2.45, 2.75) is 25.9 Å². The molecular weight excluding hydrogens is 346 g/mol. The van der Waals surface area contributed by atoms with E-state index in [1.807, 2.05) is 31.2 Å². The number of ether oxygens (including phenoxy) is 2. The van der Waals surface area contributed by atoms with Crippen LogP contribution in [-0.2, 0) is 22.5 Å². The Hall–Kier alpha value is -2.86. The van der Waals surface area contributed by atoms with Crippen molar-refractivity contribution in [2.75, 3.05) is 19.8 Å². The summed E-state index contributed by atoms with van der Waals surface area (Å²) < 4.78 is 11.0. The van der Waals surface area contributed by atoms with E-state index >= 15 is 0 Å². The van der Waals surface area contributed by atoms with Crippen molar-refractivity contribution in [3.8, 4) is 5.75 Å². The van der Waals surface area contributed by atoms with Crippen molar-refractivity contribution in [1.82, 2.24) is 4.90 Å². The van der Waals surface area contributed by atoms with Crippen LogP contribution < -0.4 is 4.74 Å². The number of carbonyl (C=O) groups is 2. The molecule has 1 amide bonds. The Kier molecular flexibility index (Phi) is 6.08. The summed E-state index contributed by atoms with van der Waals surface area (Å²) in [6.07, 6.45) is 0.296. The van der Waals surface area contributed by atoms with Crippen LogP contribution in [0.15, 0.2) is 48.5 Å². The van der Waals surface area contributed by atoms with Gasteiger partial charge in [-0.1, -0.05) is 36.4 Å². The Labute approximate surface area is 158 Å². The van der Waals surface area contributed by atoms with Crippen LogP contribution in [0.5, 0.6) is 5.75 Å². The van der Waals surface area contributed by atoms with Crippen LogP contribution >= 0.6 is 0 Å². The van der Waals surface area contributed by atoms with E-state index in [2.05, 4.69) is 0 Å². The Morgan fingerprint density at radius 3 is 2.52 bits per heavy atom. The number of hydrogen-bond donors (Lipinski definition) is 1. The van der Waals surface area contributed by atoms with E-state index in [0.29, 0.717) is 37.6 Å². The molecule has 2 aromatic carbocycles. The largest absolute Gasteiger partial charge is 0.490 e. The summed E-state index contributed by atoms with van der Waals surface area (Å²) in [5, 5.41) is 9.66. The molecule has 0 aromatic heterocycles. The van der Waals surface area contributed by atoms with Crippen molar-refractivity contribution in [2.24, 2.45) is 0 Å². The van der Waals surface area contributed by atoms with E-state index in [1.54, 1.807) is 24.3 Å². The van der Waals surface area contributed by atoms with E-state index in [1.165, 1.54) is 4.90 Å². The van der Waals surface area contributed by atoms with Gasteiger partial charge in [-0.2, -0.15) is 0 Å². The molecule has 0 saturated heterocycles. The minimum atomic E-state index is -1.01. The number of carbonyl (C=O) groups excluding carboxylic acids is 1. The molecule has 0 spiro atoms. The minimum absolute atomic E-state index is 0.263. The minimum Gasteiger partial charge on any atom is -0.490 e. The number of para-hydroxylation sites is 1. The molecule has 2 aromatic rings. The number of aliphatic carboxylic acids is 1. The van der Waals surface area contributed by atoms with Gasteiger partial charge in [0.1, 0.15) is 18.4 Å². The summed E-state index contributed by atoms with van der Waals surface area (Å²) in [6, 6.07) is 13.6. The molecule has 0 radical (unpaired) electrons. The highest BCUT2D eigenvalue weighted by Gasteiger charge is 2.35. The van der Waals surface area contributed by atoms with Crippen LogP contribution in [0.25, 0.3) is 0 Å². The lowest BCUT2D eigenvalue weighted by Gasteiger charge is -2.34. The van der Waals surface area contributed by atoms with Crippen LogP contribution in [0.4, 0.5) is 0 Å². The fourth-order valence-corrected chi connectivity index (χ4v) is 3.24. The molecule has 0 aliphatic carbocycles. The van der Waals surface area contributed by atoms with Gasteiger partial charge in [0, 0.05) is 19.6 Å². The first-order chi connectivity index (χ1) is 13.1. The summed E-state index contributed by atoms with van der Waals surface area (Å²) in [5.41, 5.74) is 2.30. The summed E-state index contributed by atoms with van der Waals surface area (Å²) >= 11 is 0. The zero-order valence-electron chi connectivity index (χ0n) is 15.3. The third-order valence-electron chi connectivity index (χ3n) is 4.60. The highest BCUT2D eigenvalue weighted by molar-refractivity contribution is 5.99. The Morgan fingerprint density at radius 1 is 1.07 bits per heavy atom. The number of benzene rings is 2. The average molecular weight is 369 g/mol. The number of carboxylic acid groups (broad SMARTS) is 1. The Bertz CT molecular complexity index is 820. The van der Waals surface area contributed by atoms with Gasteiger partial charge in [0.2, 0.25) is 0 Å². The van der Waals surface area contributed by atoms with Crippen LogP contribution in [0.2, 0.25) is 0 Å². The number of hydrogen-bond acceptors (Lipinski definition) is 4. The molecular formula is C21H23NO5. The molecule has 1 N–H and O–H groups in total. The van der Waals surface area contributed by atoms with Gasteiger partial charge in [-0.25, -0.2) is 4.79 Å². The predicted molar refractivity (Wildman–Crippen MR) is 99.9 cm³/mol. The number of nitrogens with zero attached hydrogens (tertiary/aromatic N) is 1. The zero-order chi connectivity index (χ0) is 19.2. The van der Waals surface area contributed by atoms with E-state index in [0.717, 1.165) is 11.1 Å². The lowest BCUT2D eigenvalue weighted by atomic mass is 9.93. The first-order valence-electron chi connectivity index (χ1n) is 9.02. The van der Waals surface area contributed by atoms with Gasteiger partial charge in [0.15, 0.2) is 0 Å². The topological polar surface area (TPSA) is 76.1 Å². The molecule has 0 bridgehead atoms. The van der Waals surface area contributed by atoms with Gasteiger partial charge >= 0.3 is 5.97 Å². The van der Waals surface area contributed by atoms with Crippen LogP contribution in [0.3, 0.4) is 0 Å². The summed E-state index contributed by atoms with van der Waals surface area (Å²) in [7, 11) is 0. The maximum absolute atomic E-state index is 13.2. The molecule has 6 nitrogen and oxygen atoms in total. The van der Waals surface area contributed by atoms with E-state index in [9.17, 15) is 14.7 Å². The van der Waals surface area contributed by atoms with Crippen LogP contribution in [0, 0.1) is 0 Å². The fourth-order valence-electron chi connectivity index (χ4n) is 3.24. The second-order valence-corrected chi connectivity index (χ2v) is 6.30. The smallest absolute Gasteiger partial charge is 0.326 e. The van der Waals surface area contributed by atoms with Gasteiger partial charge < -0.3 is 19.5 Å².